The average molecular weight is 2040 g/mol. The number of Topliss-reactive ketones (excluding diaryl/α,β-unsaturated/α-hetero) is 6. The Morgan fingerprint density at radius 3 is 1.02 bits per heavy atom. The number of hydrogen-bond acceptors (Lipinski definition) is 24. The van der Waals surface area contributed by atoms with Gasteiger partial charge in [0.2, 0.25) is 0 Å². The zero-order valence-corrected chi connectivity index (χ0v) is 77.6. The summed E-state index contributed by atoms with van der Waals surface area (Å²) in [5, 5.41) is 0. The van der Waals surface area contributed by atoms with Crippen LogP contribution in [0.3, 0.4) is 0 Å². The summed E-state index contributed by atoms with van der Waals surface area (Å²) >= 11 is 0. The van der Waals surface area contributed by atoms with Gasteiger partial charge < -0.3 is 56.8 Å². The molecule has 774 valence electrons. The molecular weight excluding hydrogens is 1780 g/mol. The van der Waals surface area contributed by atoms with Gasteiger partial charge in [0.05, 0.1) is 148 Å². The number of nitrogens with zero attached hydrogens (tertiary/aromatic N) is 6. The minimum absolute atomic E-state index is 0.0143. The lowest BCUT2D eigenvalue weighted by Crippen LogP contribution is -2.46. The summed E-state index contributed by atoms with van der Waals surface area (Å²) in [5.74, 6) is -44.6. The molecule has 0 radical (unpaired) electrons. The predicted molar refractivity (Wildman–Crippen MR) is 555 cm³/mol. The maximum atomic E-state index is 14.1. The summed E-state index contributed by atoms with van der Waals surface area (Å²) in [7, 11) is -38.3. The molecule has 141 heavy (non-hydrogen) atoms. The lowest BCUT2D eigenvalue weighted by molar-refractivity contribution is -0.130. The maximum absolute atomic E-state index is 14.1. The summed E-state index contributed by atoms with van der Waals surface area (Å²) in [6.45, 7) is -15.3. The zero-order chi connectivity index (χ0) is 183. The Morgan fingerprint density at radius 1 is 0.333 bits per heavy atom. The first-order valence-electron chi connectivity index (χ1n) is 91.0. The van der Waals surface area contributed by atoms with Crippen LogP contribution in [0, 0.1) is 70.8 Å². The third kappa shape index (κ3) is 25.6. The van der Waals surface area contributed by atoms with Crippen LogP contribution in [0.4, 0.5) is 0 Å². The van der Waals surface area contributed by atoms with Gasteiger partial charge in [-0.3, -0.25) is 58.2 Å². The first kappa shape index (κ1) is 39.8. The van der Waals surface area contributed by atoms with Crippen LogP contribution < -0.4 is 56.8 Å². The minimum Gasteiger partial charge on any atom is -0.493 e. The number of carbonyl (C=O) groups is 6. The third-order valence-corrected chi connectivity index (χ3v) is 24.0. The molecule has 12 heterocycles. The van der Waals surface area contributed by atoms with E-state index in [1.165, 1.54) is 18.7 Å². The average Bonchev–Trinajstić information content (AvgIpc) is 0.632. The van der Waals surface area contributed by atoms with Crippen molar-refractivity contribution < 1.29 is 214 Å². The molecule has 6 aromatic rings. The number of ether oxygens (including phenoxy) is 12. The molecule has 0 amide bonds. The molecule has 6 saturated heterocycles. The highest BCUT2D eigenvalue weighted by Gasteiger charge is 2.47. The number of carbonyl (C=O) groups excluding carboxylic acids is 6. The van der Waals surface area contributed by atoms with E-state index in [-0.39, 0.29) is 127 Å². The highest BCUT2D eigenvalue weighted by Crippen LogP contribution is 2.51. The fourth-order valence-electron chi connectivity index (χ4n) is 17.5. The maximum Gasteiger partial charge on any atom is 0.161 e. The van der Waals surface area contributed by atoms with Crippen molar-refractivity contribution in [3.8, 4) is 69.0 Å². The molecule has 12 aliphatic heterocycles. The first-order valence-corrected chi connectivity index (χ1v) is 44.0. The Hall–Kier alpha value is -9.30. The highest BCUT2D eigenvalue weighted by atomic mass is 16.5. The number of methoxy groups -OCH3 is 12. The Bertz CT molecular complexity index is 9720. The Balaban J connectivity index is 0.000000224. The number of ketones is 6. The van der Waals surface area contributed by atoms with E-state index in [9.17, 15) is 30.1 Å². The number of fused-ring (bicyclic) bond motifs is 18. The highest BCUT2D eigenvalue weighted by molar-refractivity contribution is 5.86. The normalized spacial score (nSPS) is 43.7. The van der Waals surface area contributed by atoms with Crippen molar-refractivity contribution in [2.75, 3.05) is 163 Å². The predicted octanol–water partition coefficient (Wildman–Crippen LogP) is 20.6. The summed E-state index contributed by atoms with van der Waals surface area (Å²) in [5.41, 5.74) is -4.16. The molecule has 0 N–H and O–H groups in total. The molecule has 0 spiro atoms. The quantitative estimate of drug-likeness (QED) is 0.0466. The molecule has 0 aliphatic carbocycles. The van der Waals surface area contributed by atoms with Crippen LogP contribution in [0.2, 0.25) is 0 Å². The van der Waals surface area contributed by atoms with Gasteiger partial charge in [-0.1, -0.05) is 102 Å². The topological polar surface area (TPSA) is 233 Å². The van der Waals surface area contributed by atoms with E-state index >= 15 is 0 Å². The van der Waals surface area contributed by atoms with Crippen LogP contribution >= 0.6 is 0 Å². The molecule has 18 rings (SSSR count). The van der Waals surface area contributed by atoms with Crippen LogP contribution in [0.1, 0.15) is 411 Å². The molecule has 0 saturated carbocycles. The van der Waals surface area contributed by atoms with E-state index in [1.54, 1.807) is 4.90 Å². The van der Waals surface area contributed by atoms with Crippen molar-refractivity contribution in [1.82, 2.24) is 29.4 Å². The van der Waals surface area contributed by atoms with Crippen molar-refractivity contribution in [3.63, 3.8) is 0 Å². The molecule has 15 atom stereocenters. The molecule has 24 heteroatoms. The van der Waals surface area contributed by atoms with E-state index in [0.29, 0.717) is 68.6 Å². The second-order valence-electron chi connectivity index (χ2n) is 34.4. The molecule has 12 aliphatic rings. The Labute approximate surface area is 974 Å². The number of benzene rings is 6. The Morgan fingerprint density at radius 2 is 0.638 bits per heavy atom. The first-order chi connectivity index (χ1) is 104. The van der Waals surface area contributed by atoms with E-state index in [2.05, 4.69) is 18.7 Å². The fraction of sp³-hybridized carbons (Fsp3) is 0.641. The van der Waals surface area contributed by atoms with Crippen molar-refractivity contribution in [3.05, 3.63) is 139 Å². The molecule has 15 unspecified atom stereocenters. The van der Waals surface area contributed by atoms with Crippen LogP contribution in [0.25, 0.3) is 0 Å². The van der Waals surface area contributed by atoms with Gasteiger partial charge in [-0.05, 0) is 252 Å². The lowest BCUT2D eigenvalue weighted by Gasteiger charge is -2.43. The van der Waals surface area contributed by atoms with E-state index < -0.39 is 490 Å². The summed E-state index contributed by atoms with van der Waals surface area (Å²) in [6.07, 6.45) is -42.2. The summed E-state index contributed by atoms with van der Waals surface area (Å²) < 4.78 is 816. The molecule has 6 aromatic carbocycles. The van der Waals surface area contributed by atoms with Gasteiger partial charge in [0.1, 0.15) is 34.7 Å². The number of rotatable bonds is 27. The zero-order valence-electron chi connectivity index (χ0n) is 172. The smallest absolute Gasteiger partial charge is 0.161 e. The Kier molecular flexibility index (Phi) is 14.1. The van der Waals surface area contributed by atoms with Gasteiger partial charge in [-0.25, -0.2) is 0 Å². The second-order valence-corrected chi connectivity index (χ2v) is 34.4. The number of hydrogen-bond donors (Lipinski definition) is 0. The minimum atomic E-state index is -4.67. The van der Waals surface area contributed by atoms with Crippen LogP contribution in [-0.2, 0) is 67.2 Å². The van der Waals surface area contributed by atoms with E-state index in [4.69, 9.17) is 184 Å². The van der Waals surface area contributed by atoms with E-state index in [1.807, 2.05) is 13.8 Å². The van der Waals surface area contributed by atoms with Gasteiger partial charge in [-0.15, -0.1) is 0 Å². The van der Waals surface area contributed by atoms with Gasteiger partial charge in [-0.2, -0.15) is 0 Å². The second kappa shape index (κ2) is 50.0. The van der Waals surface area contributed by atoms with Crippen molar-refractivity contribution in [1.29, 1.82) is 0 Å². The fourth-order valence-corrected chi connectivity index (χ4v) is 17.5. The van der Waals surface area contributed by atoms with Gasteiger partial charge in [0.15, 0.2) is 69.0 Å². The number of piperidine rings is 6. The largest absolute Gasteiger partial charge is 0.493 e. The van der Waals surface area contributed by atoms with Gasteiger partial charge in [0.25, 0.3) is 0 Å². The van der Waals surface area contributed by atoms with Crippen molar-refractivity contribution in [2.24, 2.45) is 70.8 Å². The van der Waals surface area contributed by atoms with Crippen LogP contribution in [0.5, 0.6) is 69.0 Å². The SMILES string of the molecule is [2H]C([2H])([2H])Oc1cc2c(cc1OC([2H])([2H])[2H])C1([2H])N(C([2H])([2H])C([2H])(CC(C)C)C(=O)C1([2H])[2H])C([2H])([2H])C2([2H])[2H].[2H]C([2H])([2H])Oc1cc2c(cc1OC([2H])([2H])[2H])C1([2H])N(C([2H])([2H])C2([2H])[2H])C([2H])([2H])C([2H])(C([2H])([2H])C([2H])(C([2H])([2H])[2H])C([2H])([2H])C)C(=O)C1([2H])[2H].[2H]c1c2c(c([2H])c(OC([2H])([2H])[2H])c1OC([2H])([2H])[2H])C1CC(=O)C(C([2H])([2H])C([2H])(C([2H])([2H])[2H])C([2H])([2H])C)CN1CC2.[2H]c1c2c(c([2H])c(OC([2H])([2H])[2H])c1OC([2H])([2H])[2H])C1CC(=O)C(CC(C)C)CN1CC2.[2H]c1c2c(c([2H])c(OC([2H])([2H])[2H])c1OC([2H])([2H])[2H])C1N(CC2)CC([2H])(C([2H])([2H])C([2H])(C([2H])([2H])[2H])C([2H])([2H])C)C(=O)C1([2H])[2H].[2H]c1c2c(c([2H])c(OC([2H])([2H])[2H])c1OC([2H])([2H])[2H])C1N(CC2)CC([2H])(CC(C)C)C(=O)C1([2H])[2H]. The van der Waals surface area contributed by atoms with Gasteiger partial charge in [0, 0.05) is 254 Å². The monoisotopic (exact) mass is 2040 g/mol. The molecule has 0 aromatic heterocycles. The summed E-state index contributed by atoms with van der Waals surface area (Å²) in [6, 6.07) is -15.2. The lowest BCUT2D eigenvalue weighted by atomic mass is 9.79. The molecule has 0 bridgehead atoms. The van der Waals surface area contributed by atoms with Crippen LogP contribution in [0.15, 0.2) is 72.6 Å². The standard InChI is InChI=1S/3C20H29NO3.3C19H27NO3/c3*1-5-13(2)8-15-12-21-7-6-14-9-19(23-3)20(24-4)10-16(14)17(21)11-18(15)22;3*1-12(2)7-14-11-20-6-5-13-8-18(22-3)19(23-4)9-15(13)16(20)10-17(14)21/h3*9-10,13,15,17H,5-8,11-12H2,1-4H3;3*8-9,12,14,16H,5-7,10-11H2,1-4H3/i2D3,3D3,4D3,5D2,6D2,7D2,8D2,11D2,12D2,13D,15D,17D;2D3,3D3,4D3,5D2,8D2,9D,10D,11D2,13D,15D;2D3,3D3,4D3,5D2,8D2,9D,10D,13D;3D3,4D3,5D2,6D2,10D2,11D2,14D,16D;3D3,4D3,8D,9D,10D2,14D;3D3,4D3,8D,9D. The van der Waals surface area contributed by atoms with Crippen molar-refractivity contribution in [2.45, 2.75) is 253 Å². The van der Waals surface area contributed by atoms with Gasteiger partial charge >= 0.3 is 0 Å². The molecule has 24 nitrogen and oxygen atoms in total. The molecular formula is C117H168N6O18. The number of aryl methyl sites for hydroxylation is 2. The molecule has 6 fully saturated rings. The van der Waals surface area contributed by atoms with Crippen LogP contribution in [-0.4, -0.2) is 227 Å². The van der Waals surface area contributed by atoms with Crippen molar-refractivity contribution >= 4 is 34.7 Å². The third-order valence-electron chi connectivity index (χ3n) is 24.0. The summed E-state index contributed by atoms with van der Waals surface area (Å²) in [4.78, 5) is 86.2. The van der Waals surface area contributed by atoms with E-state index in [0.717, 1.165) is 18.2 Å².